The minimum Gasteiger partial charge on any atom is -0.462 e. The SMILES string of the molecule is CCCCCCC/C=C\C/C=C\CCCCCCCCCCCCCCCCCCCCCCCCCC(=O)OCC(COC(=O)CCCCCCCC)OC(=O)CCCCCCCCCCCCCCCCCCCCCCCCCC. The molecule has 0 aromatic heterocycles. The van der Waals surface area contributed by atoms with E-state index in [4.69, 9.17) is 14.2 Å². The molecule has 83 heavy (non-hydrogen) atoms. The normalized spacial score (nSPS) is 12.1. The van der Waals surface area contributed by atoms with Gasteiger partial charge in [-0.1, -0.05) is 385 Å². The standard InChI is InChI=1S/C77H146O6/c1-4-7-10-13-16-18-20-22-24-26-28-30-32-34-35-36-37-38-39-40-41-42-43-44-46-47-49-51-53-55-57-59-61-64-67-70-76(79)82-73-74(72-81-75(78)69-66-63-15-12-9-6-3)83-77(80)71-68-65-62-60-58-56-54-52-50-48-45-33-31-29-27-25-23-21-19-17-14-11-8-5-2/h20,22,26,28,74H,4-19,21,23-25,27,29-73H2,1-3H3/b22-20-,28-26-. The molecule has 0 fully saturated rings. The summed E-state index contributed by atoms with van der Waals surface area (Å²) in [5.41, 5.74) is 0. The van der Waals surface area contributed by atoms with E-state index in [-0.39, 0.29) is 31.1 Å². The summed E-state index contributed by atoms with van der Waals surface area (Å²) < 4.78 is 16.9. The van der Waals surface area contributed by atoms with E-state index in [0.717, 1.165) is 64.2 Å². The Balaban J connectivity index is 3.89. The van der Waals surface area contributed by atoms with Crippen molar-refractivity contribution in [3.63, 3.8) is 0 Å². The second-order valence-corrected chi connectivity index (χ2v) is 25.9. The van der Waals surface area contributed by atoms with E-state index in [1.54, 1.807) is 0 Å². The summed E-state index contributed by atoms with van der Waals surface area (Å²) in [5, 5.41) is 0. The van der Waals surface area contributed by atoms with Crippen molar-refractivity contribution < 1.29 is 28.6 Å². The number of rotatable bonds is 71. The van der Waals surface area contributed by atoms with E-state index < -0.39 is 6.10 Å². The Kier molecular flexibility index (Phi) is 70.5. The first-order valence-electron chi connectivity index (χ1n) is 37.8. The molecule has 6 nitrogen and oxygen atoms in total. The fourth-order valence-corrected chi connectivity index (χ4v) is 11.8. The quantitative estimate of drug-likeness (QED) is 0.0261. The van der Waals surface area contributed by atoms with Crippen molar-refractivity contribution in [3.05, 3.63) is 24.3 Å². The van der Waals surface area contributed by atoms with Gasteiger partial charge in [-0.05, 0) is 51.4 Å². The molecule has 490 valence electrons. The van der Waals surface area contributed by atoms with Crippen LogP contribution in [0.5, 0.6) is 0 Å². The summed E-state index contributed by atoms with van der Waals surface area (Å²) in [7, 11) is 0. The van der Waals surface area contributed by atoms with Crippen LogP contribution in [0.1, 0.15) is 432 Å². The molecule has 0 heterocycles. The third-order valence-electron chi connectivity index (χ3n) is 17.5. The number of carbonyl (C=O) groups excluding carboxylic acids is 3. The summed E-state index contributed by atoms with van der Waals surface area (Å²) in [6, 6.07) is 0. The highest BCUT2D eigenvalue weighted by atomic mass is 16.6. The molecule has 0 radical (unpaired) electrons. The van der Waals surface area contributed by atoms with Crippen LogP contribution in [0.25, 0.3) is 0 Å². The van der Waals surface area contributed by atoms with Gasteiger partial charge in [-0.25, -0.2) is 0 Å². The molecule has 0 aliphatic heterocycles. The fourth-order valence-electron chi connectivity index (χ4n) is 11.8. The van der Waals surface area contributed by atoms with Crippen LogP contribution in [-0.2, 0) is 28.6 Å². The lowest BCUT2D eigenvalue weighted by Crippen LogP contribution is -2.30. The molecule has 0 N–H and O–H groups in total. The van der Waals surface area contributed by atoms with Crippen LogP contribution in [0.4, 0.5) is 0 Å². The Morgan fingerprint density at radius 1 is 0.241 bits per heavy atom. The van der Waals surface area contributed by atoms with Gasteiger partial charge in [0.25, 0.3) is 0 Å². The molecule has 0 aliphatic rings. The predicted octanol–water partition coefficient (Wildman–Crippen LogP) is 26.1. The van der Waals surface area contributed by atoms with Gasteiger partial charge in [-0.15, -0.1) is 0 Å². The van der Waals surface area contributed by atoms with E-state index in [1.165, 1.54) is 327 Å². The van der Waals surface area contributed by atoms with Gasteiger partial charge in [0, 0.05) is 19.3 Å². The predicted molar refractivity (Wildman–Crippen MR) is 363 cm³/mol. The van der Waals surface area contributed by atoms with Crippen LogP contribution in [0.15, 0.2) is 24.3 Å². The molecule has 0 saturated carbocycles. The second-order valence-electron chi connectivity index (χ2n) is 25.9. The summed E-state index contributed by atoms with van der Waals surface area (Å²) in [6.07, 6.45) is 90.0. The molecule has 1 unspecified atom stereocenters. The van der Waals surface area contributed by atoms with Crippen LogP contribution in [0.3, 0.4) is 0 Å². The molecule has 0 amide bonds. The van der Waals surface area contributed by atoms with Crippen molar-refractivity contribution >= 4 is 17.9 Å². The highest BCUT2D eigenvalue weighted by molar-refractivity contribution is 5.71. The first-order chi connectivity index (χ1) is 41.0. The number of unbranched alkanes of at least 4 members (excludes halogenated alkanes) is 56. The van der Waals surface area contributed by atoms with Crippen molar-refractivity contribution in [2.24, 2.45) is 0 Å². The number of hydrogen-bond donors (Lipinski definition) is 0. The van der Waals surface area contributed by atoms with Crippen molar-refractivity contribution in [1.82, 2.24) is 0 Å². The number of esters is 3. The highest BCUT2D eigenvalue weighted by Crippen LogP contribution is 2.20. The third-order valence-corrected chi connectivity index (χ3v) is 17.5. The van der Waals surface area contributed by atoms with Crippen LogP contribution in [0, 0.1) is 0 Å². The van der Waals surface area contributed by atoms with Gasteiger partial charge in [-0.3, -0.25) is 14.4 Å². The van der Waals surface area contributed by atoms with Crippen molar-refractivity contribution in [2.75, 3.05) is 13.2 Å². The molecule has 0 spiro atoms. The Labute approximate surface area is 519 Å². The second kappa shape index (κ2) is 72.4. The van der Waals surface area contributed by atoms with Crippen LogP contribution in [0.2, 0.25) is 0 Å². The minimum absolute atomic E-state index is 0.0636. The van der Waals surface area contributed by atoms with Gasteiger partial charge >= 0.3 is 17.9 Å². The molecule has 0 rings (SSSR count). The lowest BCUT2D eigenvalue weighted by atomic mass is 10.0. The van der Waals surface area contributed by atoms with Crippen molar-refractivity contribution in [1.29, 1.82) is 0 Å². The Hall–Kier alpha value is -2.11. The molecule has 0 bridgehead atoms. The van der Waals surface area contributed by atoms with Crippen LogP contribution < -0.4 is 0 Å². The van der Waals surface area contributed by atoms with Gasteiger partial charge in [0.2, 0.25) is 0 Å². The van der Waals surface area contributed by atoms with Crippen LogP contribution in [-0.4, -0.2) is 37.2 Å². The highest BCUT2D eigenvalue weighted by Gasteiger charge is 2.20. The lowest BCUT2D eigenvalue weighted by Gasteiger charge is -2.18. The first kappa shape index (κ1) is 80.9. The van der Waals surface area contributed by atoms with Gasteiger partial charge in [0.05, 0.1) is 0 Å². The fraction of sp³-hybridized carbons (Fsp3) is 0.909. The Morgan fingerprint density at radius 2 is 0.434 bits per heavy atom. The summed E-state index contributed by atoms with van der Waals surface area (Å²) in [4.78, 5) is 38.1. The molecular formula is C77H146O6. The summed E-state index contributed by atoms with van der Waals surface area (Å²) in [6.45, 7) is 6.65. The van der Waals surface area contributed by atoms with E-state index in [2.05, 4.69) is 45.1 Å². The largest absolute Gasteiger partial charge is 0.462 e. The van der Waals surface area contributed by atoms with Crippen LogP contribution >= 0.6 is 0 Å². The third kappa shape index (κ3) is 70.5. The molecule has 0 saturated heterocycles. The van der Waals surface area contributed by atoms with Crippen molar-refractivity contribution in [2.45, 2.75) is 438 Å². The summed E-state index contributed by atoms with van der Waals surface area (Å²) >= 11 is 0. The van der Waals surface area contributed by atoms with Gasteiger partial charge in [0.15, 0.2) is 6.10 Å². The zero-order valence-electron chi connectivity index (χ0n) is 56.5. The maximum Gasteiger partial charge on any atom is 0.306 e. The summed E-state index contributed by atoms with van der Waals surface area (Å²) in [5.74, 6) is -0.840. The zero-order valence-corrected chi connectivity index (χ0v) is 56.5. The number of carbonyl (C=O) groups is 3. The average molecular weight is 1170 g/mol. The minimum atomic E-state index is -0.764. The van der Waals surface area contributed by atoms with Gasteiger partial charge in [0.1, 0.15) is 13.2 Å². The zero-order chi connectivity index (χ0) is 59.9. The lowest BCUT2D eigenvalue weighted by molar-refractivity contribution is -0.167. The molecule has 1 atom stereocenters. The first-order valence-corrected chi connectivity index (χ1v) is 37.8. The van der Waals surface area contributed by atoms with E-state index in [1.807, 2.05) is 0 Å². The monoisotopic (exact) mass is 1170 g/mol. The average Bonchev–Trinajstić information content (AvgIpc) is 3.48. The molecule has 0 aliphatic carbocycles. The Morgan fingerprint density at radius 3 is 0.663 bits per heavy atom. The molecule has 0 aromatic carbocycles. The number of ether oxygens (including phenoxy) is 3. The van der Waals surface area contributed by atoms with Gasteiger partial charge < -0.3 is 14.2 Å². The number of allylic oxidation sites excluding steroid dienone is 4. The number of hydrogen-bond acceptors (Lipinski definition) is 6. The van der Waals surface area contributed by atoms with Crippen molar-refractivity contribution in [3.8, 4) is 0 Å². The maximum absolute atomic E-state index is 12.9. The van der Waals surface area contributed by atoms with E-state index in [0.29, 0.717) is 19.3 Å². The molecular weight excluding hydrogens is 1020 g/mol. The van der Waals surface area contributed by atoms with Gasteiger partial charge in [-0.2, -0.15) is 0 Å². The van der Waals surface area contributed by atoms with E-state index in [9.17, 15) is 14.4 Å². The van der Waals surface area contributed by atoms with E-state index >= 15 is 0 Å². The maximum atomic E-state index is 12.9. The Bertz CT molecular complexity index is 1340. The smallest absolute Gasteiger partial charge is 0.306 e. The molecule has 0 aromatic rings. The topological polar surface area (TPSA) is 78.9 Å². The molecule has 6 heteroatoms.